The number of unbranched alkanes of at least 4 members (excludes halogenated alkanes) is 26. The van der Waals surface area contributed by atoms with Crippen LogP contribution in [-0.4, -0.2) is 59.3 Å². The van der Waals surface area contributed by atoms with E-state index in [1.54, 1.807) is 0 Å². The van der Waals surface area contributed by atoms with Gasteiger partial charge in [0.05, 0.1) is 13.2 Å². The molecule has 4 N–H and O–H groups in total. The molecule has 0 aromatic heterocycles. The first-order valence-corrected chi connectivity index (χ1v) is 23.1. The van der Waals surface area contributed by atoms with Crippen LogP contribution in [0.5, 0.6) is 0 Å². The molecule has 0 radical (unpaired) electrons. The molecule has 0 aliphatic carbocycles. The molecule has 0 aromatic rings. The van der Waals surface area contributed by atoms with Crippen molar-refractivity contribution in [3.8, 4) is 0 Å². The lowest BCUT2D eigenvalue weighted by molar-refractivity contribution is -0.150. The van der Waals surface area contributed by atoms with Gasteiger partial charge < -0.3 is 25.6 Å². The number of carbonyl (C=O) groups excluding carboxylic acids is 3. The molecule has 55 heavy (non-hydrogen) atoms. The number of aliphatic hydroxyl groups excluding tert-OH is 1. The lowest BCUT2D eigenvalue weighted by Gasteiger charge is -2.18. The van der Waals surface area contributed by atoms with Gasteiger partial charge in [-0.2, -0.15) is 0 Å². The average Bonchev–Trinajstić information content (AvgIpc) is 3.17. The molecule has 0 aromatic carbocycles. The van der Waals surface area contributed by atoms with Gasteiger partial charge in [0.25, 0.3) is 0 Å². The van der Waals surface area contributed by atoms with Crippen LogP contribution in [0.25, 0.3) is 0 Å². The Morgan fingerprint density at radius 3 is 1.38 bits per heavy atom. The van der Waals surface area contributed by atoms with Crippen LogP contribution in [0.2, 0.25) is 0 Å². The van der Waals surface area contributed by atoms with Crippen LogP contribution >= 0.6 is 0 Å². The minimum absolute atomic E-state index is 0.0120. The number of amides is 2. The number of rotatable bonds is 42. The second kappa shape index (κ2) is 41.2. The highest BCUT2D eigenvalue weighted by molar-refractivity contribution is 5.87. The van der Waals surface area contributed by atoms with Crippen molar-refractivity contribution in [1.29, 1.82) is 0 Å². The van der Waals surface area contributed by atoms with E-state index < -0.39 is 24.5 Å². The maximum absolute atomic E-state index is 12.8. The molecule has 2 atom stereocenters. The van der Waals surface area contributed by atoms with Crippen molar-refractivity contribution in [2.24, 2.45) is 0 Å². The maximum atomic E-state index is 12.8. The summed E-state index contributed by atoms with van der Waals surface area (Å²) in [7, 11) is 0. The summed E-state index contributed by atoms with van der Waals surface area (Å²) in [6.07, 6.45) is 43.8. The molecular weight excluding hydrogens is 693 g/mol. The first-order valence-electron chi connectivity index (χ1n) is 23.1. The van der Waals surface area contributed by atoms with Crippen LogP contribution in [0.4, 0.5) is 0 Å². The largest absolute Gasteiger partial charge is 0.480 e. The summed E-state index contributed by atoms with van der Waals surface area (Å²) in [5.41, 5.74) is 0. The van der Waals surface area contributed by atoms with Gasteiger partial charge in [-0.1, -0.05) is 167 Å². The Morgan fingerprint density at radius 2 is 0.927 bits per heavy atom. The van der Waals surface area contributed by atoms with E-state index in [2.05, 4.69) is 36.6 Å². The smallest absolute Gasteiger partial charge is 0.328 e. The van der Waals surface area contributed by atoms with Crippen molar-refractivity contribution in [3.63, 3.8) is 0 Å². The van der Waals surface area contributed by atoms with Crippen LogP contribution in [0.1, 0.15) is 232 Å². The van der Waals surface area contributed by atoms with Crippen LogP contribution in [0.3, 0.4) is 0 Å². The van der Waals surface area contributed by atoms with Crippen molar-refractivity contribution in [2.45, 2.75) is 244 Å². The lowest BCUT2D eigenvalue weighted by atomic mass is 10.0. The topological polar surface area (TPSA) is 142 Å². The third-order valence-corrected chi connectivity index (χ3v) is 10.5. The lowest BCUT2D eigenvalue weighted by Crippen LogP contribution is -2.47. The van der Waals surface area contributed by atoms with Crippen molar-refractivity contribution in [2.75, 3.05) is 13.2 Å². The normalized spacial score (nSPS) is 12.5. The van der Waals surface area contributed by atoms with Gasteiger partial charge in [0.2, 0.25) is 11.8 Å². The zero-order valence-corrected chi connectivity index (χ0v) is 35.7. The molecule has 2 amide bonds. The summed E-state index contributed by atoms with van der Waals surface area (Å²) in [5.74, 6) is -2.28. The number of hydrogen-bond acceptors (Lipinski definition) is 6. The highest BCUT2D eigenvalue weighted by Gasteiger charge is 2.19. The van der Waals surface area contributed by atoms with Crippen LogP contribution in [0, 0.1) is 0 Å². The van der Waals surface area contributed by atoms with E-state index in [9.17, 15) is 19.2 Å². The van der Waals surface area contributed by atoms with Crippen molar-refractivity contribution < 1.29 is 34.1 Å². The predicted octanol–water partition coefficient (Wildman–Crippen LogP) is 11.4. The molecule has 9 heteroatoms. The van der Waals surface area contributed by atoms with Crippen LogP contribution in [0.15, 0.2) is 12.2 Å². The fraction of sp³-hybridized carbons (Fsp3) is 0.870. The third-order valence-electron chi connectivity index (χ3n) is 10.5. The zero-order valence-electron chi connectivity index (χ0n) is 35.7. The highest BCUT2D eigenvalue weighted by atomic mass is 16.5. The quantitative estimate of drug-likeness (QED) is 0.0274. The van der Waals surface area contributed by atoms with E-state index >= 15 is 0 Å². The fourth-order valence-corrected chi connectivity index (χ4v) is 6.95. The Kier molecular flexibility index (Phi) is 39.4. The van der Waals surface area contributed by atoms with E-state index in [1.807, 2.05) is 0 Å². The van der Waals surface area contributed by atoms with E-state index in [0.29, 0.717) is 19.3 Å². The molecule has 322 valence electrons. The number of carboxylic acid groups (broad SMARTS) is 1. The molecule has 0 spiro atoms. The van der Waals surface area contributed by atoms with E-state index in [4.69, 9.17) is 14.9 Å². The van der Waals surface area contributed by atoms with Crippen LogP contribution < -0.4 is 10.6 Å². The van der Waals surface area contributed by atoms with Gasteiger partial charge in [0.15, 0.2) is 0 Å². The van der Waals surface area contributed by atoms with Gasteiger partial charge in [-0.3, -0.25) is 14.4 Å². The zero-order chi connectivity index (χ0) is 40.5. The van der Waals surface area contributed by atoms with Gasteiger partial charge in [0, 0.05) is 12.8 Å². The predicted molar refractivity (Wildman–Crippen MR) is 227 cm³/mol. The first kappa shape index (κ1) is 52.6. The Morgan fingerprint density at radius 1 is 0.527 bits per heavy atom. The van der Waals surface area contributed by atoms with Crippen molar-refractivity contribution >= 4 is 23.8 Å². The molecule has 2 unspecified atom stereocenters. The third kappa shape index (κ3) is 38.2. The summed E-state index contributed by atoms with van der Waals surface area (Å²) < 4.78 is 6.04. The number of carbonyl (C=O) groups is 4. The second-order valence-electron chi connectivity index (χ2n) is 15.8. The Labute approximate surface area is 337 Å². The van der Waals surface area contributed by atoms with E-state index in [1.165, 1.54) is 135 Å². The molecule has 0 aliphatic heterocycles. The standard InChI is InChI=1S/C46H86N2O7/c1-3-5-7-9-11-13-15-17-19-20-22-24-27-31-35-41(55-45(52)38-34-30-25-23-21-18-16-14-12-10-8-6-4-2)36-32-28-26-29-33-37-43(50)47-39-44(51)48-42(40-49)46(53)54/h14,16,41-42,49H,3-13,15,17-40H2,1-2H3,(H,47,50)(H,48,51)(H,53,54)/b16-14-. The summed E-state index contributed by atoms with van der Waals surface area (Å²) in [6.45, 7) is 3.49. The fourth-order valence-electron chi connectivity index (χ4n) is 6.95. The number of carboxylic acids is 1. The number of aliphatic carboxylic acids is 1. The number of aliphatic hydroxyl groups is 1. The molecule has 0 aliphatic rings. The summed E-state index contributed by atoms with van der Waals surface area (Å²) >= 11 is 0. The first-order chi connectivity index (χ1) is 26.8. The number of ether oxygens (including phenoxy) is 1. The molecule has 0 bridgehead atoms. The Bertz CT molecular complexity index is 941. The second-order valence-corrected chi connectivity index (χ2v) is 15.8. The van der Waals surface area contributed by atoms with Gasteiger partial charge in [-0.15, -0.1) is 0 Å². The minimum atomic E-state index is -1.38. The molecule has 9 nitrogen and oxygen atoms in total. The molecule has 0 rings (SSSR count). The monoisotopic (exact) mass is 779 g/mol. The molecule has 0 saturated carbocycles. The molecule has 0 heterocycles. The van der Waals surface area contributed by atoms with Gasteiger partial charge >= 0.3 is 11.9 Å². The summed E-state index contributed by atoms with van der Waals surface area (Å²) in [6, 6.07) is -1.38. The van der Waals surface area contributed by atoms with Crippen molar-refractivity contribution in [1.82, 2.24) is 10.6 Å². The Balaban J connectivity index is 4.31. The van der Waals surface area contributed by atoms with Gasteiger partial charge in [-0.05, 0) is 64.2 Å². The minimum Gasteiger partial charge on any atom is -0.480 e. The summed E-state index contributed by atoms with van der Waals surface area (Å²) in [5, 5.41) is 22.6. The van der Waals surface area contributed by atoms with Gasteiger partial charge in [0.1, 0.15) is 12.1 Å². The van der Waals surface area contributed by atoms with Gasteiger partial charge in [-0.25, -0.2) is 4.79 Å². The number of allylic oxidation sites excluding steroid dienone is 2. The number of esters is 1. The molecular formula is C46H86N2O7. The van der Waals surface area contributed by atoms with E-state index in [0.717, 1.165) is 64.2 Å². The number of nitrogens with one attached hydrogen (secondary N) is 2. The van der Waals surface area contributed by atoms with Crippen LogP contribution in [-0.2, 0) is 23.9 Å². The Hall–Kier alpha value is -2.42. The van der Waals surface area contributed by atoms with E-state index in [-0.39, 0.29) is 24.5 Å². The molecule has 0 fully saturated rings. The summed E-state index contributed by atoms with van der Waals surface area (Å²) in [4.78, 5) is 47.6. The molecule has 0 saturated heterocycles. The SMILES string of the molecule is CCCCCC/C=C\CCCCCCCC(=O)OC(CCCCCCCCCCCCCCCC)CCCCCCCC(=O)NCC(=O)NC(CO)C(=O)O. The highest BCUT2D eigenvalue weighted by Crippen LogP contribution is 2.19. The number of hydrogen-bond donors (Lipinski definition) is 4. The average molecular weight is 779 g/mol. The van der Waals surface area contributed by atoms with Crippen molar-refractivity contribution in [3.05, 3.63) is 12.2 Å². The maximum Gasteiger partial charge on any atom is 0.328 e.